The molecular weight excluding hydrogens is 284 g/mol. The molecule has 0 radical (unpaired) electrons. The number of imidazole rings is 1. The van der Waals surface area contributed by atoms with Crippen LogP contribution in [0.4, 0.5) is 5.69 Å². The molecule has 0 fully saturated rings. The van der Waals surface area contributed by atoms with E-state index in [1.165, 1.54) is 0 Å². The summed E-state index contributed by atoms with van der Waals surface area (Å²) in [7, 11) is 0. The van der Waals surface area contributed by atoms with E-state index in [1.807, 2.05) is 13.8 Å². The van der Waals surface area contributed by atoms with E-state index in [4.69, 9.17) is 10.5 Å². The Kier molecular flexibility index (Phi) is 4.90. The van der Waals surface area contributed by atoms with E-state index in [2.05, 4.69) is 10.3 Å². The van der Waals surface area contributed by atoms with Crippen molar-refractivity contribution in [1.29, 1.82) is 0 Å². The molecule has 2 rings (SSSR count). The van der Waals surface area contributed by atoms with Gasteiger partial charge in [-0.1, -0.05) is 6.07 Å². The van der Waals surface area contributed by atoms with Crippen molar-refractivity contribution in [2.75, 3.05) is 11.9 Å². The molecule has 0 atom stereocenters. The number of nitrogens with zero attached hydrogens (tertiary/aromatic N) is 2. The van der Waals surface area contributed by atoms with Gasteiger partial charge in [-0.3, -0.25) is 9.59 Å². The van der Waals surface area contributed by atoms with Gasteiger partial charge >= 0.3 is 0 Å². The normalized spacial score (nSPS) is 10.7. The lowest BCUT2D eigenvalue weighted by molar-refractivity contribution is -0.121. The lowest BCUT2D eigenvalue weighted by Crippen LogP contribution is -2.24. The number of primary amides is 1. The van der Waals surface area contributed by atoms with E-state index < -0.39 is 5.91 Å². The van der Waals surface area contributed by atoms with E-state index in [0.29, 0.717) is 11.4 Å². The van der Waals surface area contributed by atoms with Crippen molar-refractivity contribution < 1.29 is 14.3 Å². The Hall–Kier alpha value is -2.67. The summed E-state index contributed by atoms with van der Waals surface area (Å²) in [5.41, 5.74) is 6.56. The number of hydrogen-bond donors (Lipinski definition) is 2. The van der Waals surface area contributed by atoms with Crippen LogP contribution < -0.4 is 11.1 Å². The molecule has 0 spiro atoms. The molecule has 1 aromatic carbocycles. The summed E-state index contributed by atoms with van der Waals surface area (Å²) in [5.74, 6) is -0.981. The molecule has 0 bridgehead atoms. The zero-order valence-corrected chi connectivity index (χ0v) is 12.4. The monoisotopic (exact) mass is 302 g/mol. The number of rotatable bonds is 6. The molecule has 0 aliphatic heterocycles. The quantitative estimate of drug-likeness (QED) is 0.841. The minimum Gasteiger partial charge on any atom is -0.369 e. The first kappa shape index (κ1) is 15.7. The van der Waals surface area contributed by atoms with Crippen LogP contribution >= 0.6 is 0 Å². The minimum atomic E-state index is -0.623. The van der Waals surface area contributed by atoms with Crippen LogP contribution in [0.3, 0.4) is 0 Å². The third-order valence-electron chi connectivity index (χ3n) is 2.90. The number of para-hydroxylation sites is 1. The fourth-order valence-electron chi connectivity index (χ4n) is 1.91. The molecular formula is C15H18N4O3. The topological polar surface area (TPSA) is 99.2 Å². The minimum absolute atomic E-state index is 0.0646. The molecule has 1 aromatic heterocycles. The second-order valence-electron chi connectivity index (χ2n) is 4.94. The number of hydrogen-bond acceptors (Lipinski definition) is 4. The van der Waals surface area contributed by atoms with Gasteiger partial charge < -0.3 is 20.4 Å². The SMILES string of the molecule is CC(C)OCC(=O)Nc1c(C(N)=O)cccc1-n1ccnc1. The summed E-state index contributed by atoms with van der Waals surface area (Å²) in [5, 5.41) is 2.69. The molecule has 0 unspecified atom stereocenters. The third kappa shape index (κ3) is 3.70. The van der Waals surface area contributed by atoms with Gasteiger partial charge in [0.25, 0.3) is 5.91 Å². The highest BCUT2D eigenvalue weighted by Gasteiger charge is 2.16. The van der Waals surface area contributed by atoms with Gasteiger partial charge in [0.2, 0.25) is 5.91 Å². The highest BCUT2D eigenvalue weighted by molar-refractivity contribution is 6.05. The number of carbonyl (C=O) groups excluding carboxylic acids is 2. The Bertz CT molecular complexity index is 665. The molecule has 2 aromatic rings. The predicted molar refractivity (Wildman–Crippen MR) is 81.8 cm³/mol. The Labute approximate surface area is 128 Å². The number of carbonyl (C=O) groups is 2. The fourth-order valence-corrected chi connectivity index (χ4v) is 1.91. The standard InChI is InChI=1S/C15H18N4O3/c1-10(2)22-8-13(20)18-14-11(15(16)21)4-3-5-12(14)19-7-6-17-9-19/h3-7,9-10H,8H2,1-2H3,(H2,16,21)(H,18,20). The van der Waals surface area contributed by atoms with Crippen LogP contribution in [0.5, 0.6) is 0 Å². The second kappa shape index (κ2) is 6.86. The molecule has 7 nitrogen and oxygen atoms in total. The van der Waals surface area contributed by atoms with Crippen LogP contribution in [-0.2, 0) is 9.53 Å². The smallest absolute Gasteiger partial charge is 0.250 e. The van der Waals surface area contributed by atoms with Crippen LogP contribution in [-0.4, -0.2) is 34.1 Å². The largest absolute Gasteiger partial charge is 0.369 e. The van der Waals surface area contributed by atoms with Crippen molar-refractivity contribution in [3.8, 4) is 5.69 Å². The Morgan fingerprint density at radius 2 is 2.18 bits per heavy atom. The molecule has 3 N–H and O–H groups in total. The Morgan fingerprint density at radius 1 is 1.41 bits per heavy atom. The molecule has 0 aliphatic carbocycles. The van der Waals surface area contributed by atoms with E-state index in [0.717, 1.165) is 0 Å². The van der Waals surface area contributed by atoms with Crippen LogP contribution in [0.25, 0.3) is 5.69 Å². The Balaban J connectivity index is 2.34. The van der Waals surface area contributed by atoms with Crippen molar-refractivity contribution in [2.45, 2.75) is 20.0 Å². The fraction of sp³-hybridized carbons (Fsp3) is 0.267. The molecule has 2 amide bonds. The van der Waals surface area contributed by atoms with Crippen LogP contribution in [0.1, 0.15) is 24.2 Å². The van der Waals surface area contributed by atoms with Gasteiger partial charge in [0.1, 0.15) is 6.61 Å². The first-order valence-corrected chi connectivity index (χ1v) is 6.81. The maximum absolute atomic E-state index is 12.0. The summed E-state index contributed by atoms with van der Waals surface area (Å²) in [4.78, 5) is 27.6. The van der Waals surface area contributed by atoms with Gasteiger partial charge in [-0.25, -0.2) is 4.98 Å². The maximum Gasteiger partial charge on any atom is 0.250 e. The average Bonchev–Trinajstić information content (AvgIpc) is 2.99. The molecule has 7 heteroatoms. The first-order valence-electron chi connectivity index (χ1n) is 6.81. The zero-order valence-electron chi connectivity index (χ0n) is 12.4. The maximum atomic E-state index is 12.0. The number of anilines is 1. The van der Waals surface area contributed by atoms with Crippen LogP contribution in [0.2, 0.25) is 0 Å². The van der Waals surface area contributed by atoms with Crippen molar-refractivity contribution in [3.63, 3.8) is 0 Å². The number of nitrogens with two attached hydrogens (primary N) is 1. The number of benzene rings is 1. The molecule has 22 heavy (non-hydrogen) atoms. The van der Waals surface area contributed by atoms with Crippen molar-refractivity contribution >= 4 is 17.5 Å². The predicted octanol–water partition coefficient (Wildman–Crippen LogP) is 1.33. The van der Waals surface area contributed by atoms with Crippen molar-refractivity contribution in [2.24, 2.45) is 5.73 Å². The van der Waals surface area contributed by atoms with Gasteiger partial charge in [0.05, 0.1) is 29.4 Å². The zero-order chi connectivity index (χ0) is 16.1. The number of ether oxygens (including phenoxy) is 1. The number of nitrogens with one attached hydrogen (secondary N) is 1. The third-order valence-corrected chi connectivity index (χ3v) is 2.90. The Morgan fingerprint density at radius 3 is 2.77 bits per heavy atom. The molecule has 0 aliphatic rings. The van der Waals surface area contributed by atoms with Crippen LogP contribution in [0, 0.1) is 0 Å². The highest BCUT2D eigenvalue weighted by Crippen LogP contribution is 2.24. The molecule has 0 saturated carbocycles. The van der Waals surface area contributed by atoms with Gasteiger partial charge in [0.15, 0.2) is 0 Å². The van der Waals surface area contributed by atoms with E-state index in [-0.39, 0.29) is 24.2 Å². The van der Waals surface area contributed by atoms with Gasteiger partial charge in [-0.05, 0) is 26.0 Å². The summed E-state index contributed by atoms with van der Waals surface area (Å²) in [6.07, 6.45) is 4.82. The van der Waals surface area contributed by atoms with E-state index >= 15 is 0 Å². The number of amides is 2. The van der Waals surface area contributed by atoms with Crippen molar-refractivity contribution in [1.82, 2.24) is 9.55 Å². The first-order chi connectivity index (χ1) is 10.5. The summed E-state index contributed by atoms with van der Waals surface area (Å²) >= 11 is 0. The van der Waals surface area contributed by atoms with Gasteiger partial charge in [-0.15, -0.1) is 0 Å². The van der Waals surface area contributed by atoms with E-state index in [9.17, 15) is 9.59 Å². The van der Waals surface area contributed by atoms with E-state index in [1.54, 1.807) is 41.5 Å². The molecule has 116 valence electrons. The second-order valence-corrected chi connectivity index (χ2v) is 4.94. The lowest BCUT2D eigenvalue weighted by atomic mass is 10.1. The van der Waals surface area contributed by atoms with Crippen LogP contribution in [0.15, 0.2) is 36.9 Å². The number of aromatic nitrogens is 2. The highest BCUT2D eigenvalue weighted by atomic mass is 16.5. The summed E-state index contributed by atoms with van der Waals surface area (Å²) < 4.78 is 6.95. The summed E-state index contributed by atoms with van der Waals surface area (Å²) in [6, 6.07) is 5.00. The van der Waals surface area contributed by atoms with Crippen molar-refractivity contribution in [3.05, 3.63) is 42.5 Å². The lowest BCUT2D eigenvalue weighted by Gasteiger charge is -2.15. The summed E-state index contributed by atoms with van der Waals surface area (Å²) in [6.45, 7) is 3.57. The molecule has 0 saturated heterocycles. The average molecular weight is 302 g/mol. The molecule has 1 heterocycles. The van der Waals surface area contributed by atoms with Gasteiger partial charge in [0, 0.05) is 12.4 Å². The van der Waals surface area contributed by atoms with Gasteiger partial charge in [-0.2, -0.15) is 0 Å².